The summed E-state index contributed by atoms with van der Waals surface area (Å²) < 4.78 is 7.02. The van der Waals surface area contributed by atoms with Crippen molar-refractivity contribution < 1.29 is 4.74 Å². The average molecular weight is 389 g/mol. The maximum Gasteiger partial charge on any atom is 0.131 e. The first-order valence-electron chi connectivity index (χ1n) is 4.87. The maximum absolute atomic E-state index is 5.85. The third-order valence-corrected chi connectivity index (χ3v) is 3.42. The van der Waals surface area contributed by atoms with Crippen LogP contribution in [-0.4, -0.2) is 0 Å². The Balaban J connectivity index is 2.26. The molecule has 0 radical (unpaired) electrons. The highest BCUT2D eigenvalue weighted by molar-refractivity contribution is 14.1. The summed E-state index contributed by atoms with van der Waals surface area (Å²) in [7, 11) is 0. The van der Waals surface area contributed by atoms with Gasteiger partial charge >= 0.3 is 0 Å². The molecule has 0 aliphatic carbocycles. The molecule has 0 N–H and O–H groups in total. The molecular weight excluding hydrogens is 379 g/mol. The second kappa shape index (κ2) is 5.68. The summed E-state index contributed by atoms with van der Waals surface area (Å²) in [5, 5.41) is 0.799. The molecule has 82 valence electrons. The lowest BCUT2D eigenvalue weighted by molar-refractivity contribution is 0.478. The van der Waals surface area contributed by atoms with Crippen LogP contribution < -0.4 is 4.74 Å². The molecule has 2 aromatic rings. The van der Waals surface area contributed by atoms with Crippen LogP contribution in [0.3, 0.4) is 0 Å². The van der Waals surface area contributed by atoms with E-state index in [4.69, 9.17) is 4.74 Å². The molecule has 0 bridgehead atoms. The second-order valence-corrected chi connectivity index (χ2v) is 5.11. The van der Waals surface area contributed by atoms with Crippen LogP contribution >= 0.6 is 38.5 Å². The van der Waals surface area contributed by atoms with Gasteiger partial charge in [-0.15, -0.1) is 0 Å². The van der Waals surface area contributed by atoms with Crippen molar-refractivity contribution in [2.24, 2.45) is 0 Å². The van der Waals surface area contributed by atoms with Crippen LogP contribution in [0.15, 0.2) is 48.5 Å². The fourth-order valence-electron chi connectivity index (χ4n) is 1.37. The summed E-state index contributed by atoms with van der Waals surface area (Å²) in [6.07, 6.45) is 0. The van der Waals surface area contributed by atoms with E-state index in [1.165, 1.54) is 3.57 Å². The molecule has 1 nitrogen and oxygen atoms in total. The molecule has 0 saturated heterocycles. The van der Waals surface area contributed by atoms with Crippen molar-refractivity contribution in [3.05, 3.63) is 57.7 Å². The van der Waals surface area contributed by atoms with Crippen molar-refractivity contribution >= 4 is 38.5 Å². The smallest absolute Gasteiger partial charge is 0.131 e. The maximum atomic E-state index is 5.85. The average Bonchev–Trinajstić information content (AvgIpc) is 2.30. The number of ether oxygens (including phenoxy) is 1. The summed E-state index contributed by atoms with van der Waals surface area (Å²) in [6.45, 7) is 0. The van der Waals surface area contributed by atoms with Crippen LogP contribution in [0.4, 0.5) is 0 Å². The zero-order valence-corrected chi connectivity index (χ0v) is 12.2. The first-order valence-corrected chi connectivity index (χ1v) is 7.07. The van der Waals surface area contributed by atoms with E-state index in [0.717, 1.165) is 22.4 Å². The van der Waals surface area contributed by atoms with E-state index in [9.17, 15) is 0 Å². The van der Waals surface area contributed by atoms with Gasteiger partial charge in [0.1, 0.15) is 11.5 Å². The molecule has 2 rings (SSSR count). The van der Waals surface area contributed by atoms with Gasteiger partial charge in [0.15, 0.2) is 0 Å². The van der Waals surface area contributed by atoms with Gasteiger partial charge in [0, 0.05) is 14.5 Å². The Morgan fingerprint density at radius 2 is 1.88 bits per heavy atom. The van der Waals surface area contributed by atoms with E-state index in [1.807, 2.05) is 42.5 Å². The van der Waals surface area contributed by atoms with Gasteiger partial charge in [-0.3, -0.25) is 0 Å². The highest BCUT2D eigenvalue weighted by Gasteiger charge is 2.02. The van der Waals surface area contributed by atoms with Crippen molar-refractivity contribution in [1.82, 2.24) is 0 Å². The second-order valence-electron chi connectivity index (χ2n) is 3.30. The molecule has 0 aliphatic rings. The lowest BCUT2D eigenvalue weighted by atomic mass is 10.2. The number of rotatable bonds is 3. The molecule has 0 unspecified atom stereocenters. The highest BCUT2D eigenvalue weighted by atomic mass is 127. The summed E-state index contributed by atoms with van der Waals surface area (Å²) in [4.78, 5) is 0. The van der Waals surface area contributed by atoms with E-state index in [0.29, 0.717) is 0 Å². The van der Waals surface area contributed by atoms with Crippen LogP contribution in [0.25, 0.3) is 0 Å². The molecule has 0 atom stereocenters. The lowest BCUT2D eigenvalue weighted by Gasteiger charge is -2.09. The van der Waals surface area contributed by atoms with Crippen LogP contribution in [0, 0.1) is 3.57 Å². The normalized spacial score (nSPS) is 10.1. The number of benzene rings is 2. The van der Waals surface area contributed by atoms with Gasteiger partial charge in [0.2, 0.25) is 0 Å². The van der Waals surface area contributed by atoms with Crippen molar-refractivity contribution in [3.63, 3.8) is 0 Å². The van der Waals surface area contributed by atoms with E-state index in [-0.39, 0.29) is 0 Å². The molecule has 0 saturated carbocycles. The Morgan fingerprint density at radius 1 is 1.06 bits per heavy atom. The molecular formula is C13H10BrIO. The third kappa shape index (κ3) is 2.98. The number of hydrogen-bond donors (Lipinski definition) is 0. The van der Waals surface area contributed by atoms with Gasteiger partial charge in [0.05, 0.1) is 0 Å². The number of hydrogen-bond acceptors (Lipinski definition) is 1. The molecule has 3 heteroatoms. The molecule has 16 heavy (non-hydrogen) atoms. The van der Waals surface area contributed by atoms with Gasteiger partial charge in [-0.25, -0.2) is 0 Å². The largest absolute Gasteiger partial charge is 0.457 e. The Bertz CT molecular complexity index is 485. The Hall–Kier alpha value is -0.550. The molecule has 2 aromatic carbocycles. The number of halogens is 2. The van der Waals surface area contributed by atoms with Crippen LogP contribution in [0.2, 0.25) is 0 Å². The fraction of sp³-hybridized carbons (Fsp3) is 0.0769. The van der Waals surface area contributed by atoms with Crippen LogP contribution in [0.5, 0.6) is 11.5 Å². The SMILES string of the molecule is BrCc1ccccc1Oc1cccc(I)c1. The van der Waals surface area contributed by atoms with Crippen molar-refractivity contribution in [1.29, 1.82) is 0 Å². The Labute approximate surface area is 117 Å². The fourth-order valence-corrected chi connectivity index (χ4v) is 2.35. The third-order valence-electron chi connectivity index (χ3n) is 2.14. The molecule has 0 heterocycles. The van der Waals surface area contributed by atoms with Gasteiger partial charge < -0.3 is 4.74 Å². The predicted octanol–water partition coefficient (Wildman–Crippen LogP) is 4.98. The highest BCUT2D eigenvalue weighted by Crippen LogP contribution is 2.27. The van der Waals surface area contributed by atoms with Gasteiger partial charge in [0.25, 0.3) is 0 Å². The van der Waals surface area contributed by atoms with E-state index in [2.05, 4.69) is 44.6 Å². The minimum absolute atomic E-state index is 0.799. The van der Waals surface area contributed by atoms with E-state index < -0.39 is 0 Å². The van der Waals surface area contributed by atoms with Crippen molar-refractivity contribution in [3.8, 4) is 11.5 Å². The topological polar surface area (TPSA) is 9.23 Å². The first-order chi connectivity index (χ1) is 7.79. The Kier molecular flexibility index (Phi) is 4.23. The summed E-state index contributed by atoms with van der Waals surface area (Å²) in [5.41, 5.74) is 1.15. The van der Waals surface area contributed by atoms with Gasteiger partial charge in [-0.1, -0.05) is 40.2 Å². The van der Waals surface area contributed by atoms with Crippen LogP contribution in [-0.2, 0) is 5.33 Å². The molecule has 0 aliphatic heterocycles. The van der Waals surface area contributed by atoms with E-state index in [1.54, 1.807) is 0 Å². The monoisotopic (exact) mass is 388 g/mol. The predicted molar refractivity (Wildman–Crippen MR) is 78.3 cm³/mol. The summed E-state index contributed by atoms with van der Waals surface area (Å²) in [6, 6.07) is 16.1. The standard InChI is InChI=1S/C13H10BrIO/c14-9-10-4-1-2-7-13(10)16-12-6-3-5-11(15)8-12/h1-8H,9H2. The zero-order valence-electron chi connectivity index (χ0n) is 8.49. The zero-order chi connectivity index (χ0) is 11.4. The Morgan fingerprint density at radius 3 is 2.62 bits per heavy atom. The minimum atomic E-state index is 0.799. The van der Waals surface area contributed by atoms with Gasteiger partial charge in [-0.2, -0.15) is 0 Å². The number of para-hydroxylation sites is 1. The summed E-state index contributed by atoms with van der Waals surface area (Å²) >= 11 is 5.73. The lowest BCUT2D eigenvalue weighted by Crippen LogP contribution is -1.89. The molecule has 0 aromatic heterocycles. The van der Waals surface area contributed by atoms with Crippen molar-refractivity contribution in [2.75, 3.05) is 0 Å². The van der Waals surface area contributed by atoms with Gasteiger partial charge in [-0.05, 0) is 46.9 Å². The quantitative estimate of drug-likeness (QED) is 0.532. The number of alkyl halides is 1. The van der Waals surface area contributed by atoms with E-state index >= 15 is 0 Å². The minimum Gasteiger partial charge on any atom is -0.457 e. The first kappa shape index (κ1) is 11.9. The van der Waals surface area contributed by atoms with Crippen LogP contribution in [0.1, 0.15) is 5.56 Å². The molecule has 0 spiro atoms. The molecule has 0 fully saturated rings. The molecule has 0 amide bonds. The van der Waals surface area contributed by atoms with Crippen molar-refractivity contribution in [2.45, 2.75) is 5.33 Å². The summed E-state index contributed by atoms with van der Waals surface area (Å²) in [5.74, 6) is 1.78.